The Morgan fingerprint density at radius 3 is 1.18 bits per heavy atom. The van der Waals surface area contributed by atoms with Crippen molar-refractivity contribution in [2.45, 2.75) is 19.3 Å². The van der Waals surface area contributed by atoms with E-state index in [1.165, 1.54) is 61.2 Å². The maximum Gasteiger partial charge on any atom is 0.178 e. The highest BCUT2D eigenvalue weighted by Crippen LogP contribution is 2.53. The summed E-state index contributed by atoms with van der Waals surface area (Å²) in [5.74, 6) is 3.00. The molecule has 630 valence electrons. The number of pyridine rings is 1. The molecule has 23 aromatic rings. The summed E-state index contributed by atoms with van der Waals surface area (Å²) >= 11 is 3.32. The van der Waals surface area contributed by atoms with Crippen molar-refractivity contribution in [1.82, 2.24) is 54.4 Å². The Morgan fingerprint density at radius 2 is 0.662 bits per heavy atom. The Hall–Kier alpha value is -17.0. The van der Waals surface area contributed by atoms with Crippen LogP contribution in [0.15, 0.2) is 460 Å². The number of nitrogens with one attached hydrogen (secondary N) is 1. The van der Waals surface area contributed by atoms with Crippen LogP contribution in [0.1, 0.15) is 25.0 Å². The van der Waals surface area contributed by atoms with E-state index in [-0.39, 0.29) is 5.41 Å². The second-order valence-corrected chi connectivity index (χ2v) is 35.2. The zero-order valence-corrected chi connectivity index (χ0v) is 74.3. The normalized spacial score (nSPS) is 11.7. The number of hydrogen-bond acceptors (Lipinski definition) is 11. The number of imidazole rings is 2. The van der Waals surface area contributed by atoms with Crippen molar-refractivity contribution < 1.29 is 0 Å². The Bertz CT molecular complexity index is 8080. The second-order valence-electron chi connectivity index (χ2n) is 33.3. The van der Waals surface area contributed by atoms with Gasteiger partial charge in [0.05, 0.1) is 73.0 Å². The average molecular weight is 1740 g/mol. The largest absolute Gasteiger partial charge is 0.342 e. The van der Waals surface area contributed by atoms with E-state index in [0.29, 0.717) is 5.82 Å². The highest BCUT2D eigenvalue weighted by Gasteiger charge is 2.37. The Labute approximate surface area is 779 Å². The van der Waals surface area contributed by atoms with Crippen LogP contribution in [0.2, 0.25) is 0 Å². The fraction of sp³-hybridized carbons (Fsp3) is 0.0250. The third-order valence-corrected chi connectivity index (χ3v) is 26.4. The number of aromatic amines is 1. The molecule has 0 unspecified atom stereocenters. The number of para-hydroxylation sites is 4. The van der Waals surface area contributed by atoms with Crippen LogP contribution in [0.25, 0.3) is 217 Å². The Morgan fingerprint density at radius 1 is 0.278 bits per heavy atom. The molecular formula is C120H83N11S2. The summed E-state index contributed by atoms with van der Waals surface area (Å²) in [4.78, 5) is 49.3. The minimum atomic E-state index is -0.0845. The molecule has 133 heavy (non-hydrogen) atoms. The van der Waals surface area contributed by atoms with Gasteiger partial charge in [0, 0.05) is 67.2 Å². The van der Waals surface area contributed by atoms with Gasteiger partial charge in [-0.1, -0.05) is 366 Å². The van der Waals surface area contributed by atoms with Gasteiger partial charge >= 0.3 is 0 Å². The minimum Gasteiger partial charge on any atom is -0.342 e. The molecule has 0 bridgehead atoms. The Balaban J connectivity index is 0.000000117. The molecule has 15 aromatic carbocycles. The van der Waals surface area contributed by atoms with Gasteiger partial charge < -0.3 is 4.98 Å². The van der Waals surface area contributed by atoms with Crippen LogP contribution in [0.4, 0.5) is 0 Å². The predicted molar refractivity (Wildman–Crippen MR) is 548 cm³/mol. The predicted octanol–water partition coefficient (Wildman–Crippen LogP) is 31.1. The number of rotatable bonds is 17. The second kappa shape index (κ2) is 36.3. The zero-order chi connectivity index (χ0) is 89.0. The van der Waals surface area contributed by atoms with Crippen molar-refractivity contribution in [2.24, 2.45) is 0 Å². The fourth-order valence-corrected chi connectivity index (χ4v) is 19.3. The number of benzene rings is 15. The molecule has 8 heterocycles. The summed E-state index contributed by atoms with van der Waals surface area (Å²) < 4.78 is 2.23. The van der Waals surface area contributed by atoms with Crippen LogP contribution in [0.3, 0.4) is 0 Å². The molecule has 0 atom stereocenters. The standard InChI is InChI=1S/C44H30N6.C41H30N2S.C35H23N3S/c1-3-10-30(11-4-1)31-18-22-33(23-19-31)39-27-40(48-43(47-39)41-28-45-29-46-41)36-13-9-12-35(26-36)32-20-24-34(25-21-32)44-49-38-16-7-8-17-42(38)50(44)37-14-5-2-6-15-37;1-41(2)35-18-7-6-15-33(35)34-17-9-16-32(39(34)41)30-13-8-14-31(25-30)37-26-36(42-40(43-37)38-19-10-24-44-38)29-22-20-28(21-23-29)27-11-4-3-5-12-27;1-2-8-24(9-3-1)25-16-18-26(19-17-25)31-23-32(38-35(37-31)33-15-7-21-39-33)29-12-4-11-28(22-29)30-14-5-10-27-13-6-20-36-34(27)30/h1-29H,(H,45,46);3-26H,1-2H3;1-23H. The van der Waals surface area contributed by atoms with E-state index in [1.54, 1.807) is 35.2 Å². The minimum absolute atomic E-state index is 0.0845. The third-order valence-electron chi connectivity index (χ3n) is 24.6. The monoisotopic (exact) mass is 1740 g/mol. The molecule has 0 fully saturated rings. The molecular weight excluding hydrogens is 1660 g/mol. The van der Waals surface area contributed by atoms with E-state index in [4.69, 9.17) is 34.9 Å². The lowest BCUT2D eigenvalue weighted by atomic mass is 9.78. The van der Waals surface area contributed by atoms with Crippen molar-refractivity contribution in [3.63, 3.8) is 0 Å². The van der Waals surface area contributed by atoms with E-state index in [2.05, 4.69) is 432 Å². The first-order valence-electron chi connectivity index (χ1n) is 44.4. The van der Waals surface area contributed by atoms with Gasteiger partial charge in [0.25, 0.3) is 0 Å². The average Bonchev–Trinajstić information content (AvgIpc) is 1.57. The molecule has 1 aliphatic rings. The maximum absolute atomic E-state index is 5.10. The van der Waals surface area contributed by atoms with Gasteiger partial charge in [0.1, 0.15) is 11.5 Å². The summed E-state index contributed by atoms with van der Waals surface area (Å²) in [6, 6.07) is 151. The van der Waals surface area contributed by atoms with E-state index in [0.717, 1.165) is 161 Å². The number of nitrogens with zero attached hydrogens (tertiary/aromatic N) is 10. The van der Waals surface area contributed by atoms with Crippen LogP contribution in [0, 0.1) is 0 Å². The summed E-state index contributed by atoms with van der Waals surface area (Å²) in [5.41, 5.74) is 36.9. The molecule has 1 aliphatic carbocycles. The van der Waals surface area contributed by atoms with Gasteiger partial charge in [-0.3, -0.25) is 9.55 Å². The molecule has 8 aromatic heterocycles. The zero-order valence-electron chi connectivity index (χ0n) is 72.7. The molecule has 0 amide bonds. The van der Waals surface area contributed by atoms with Gasteiger partial charge in [0.15, 0.2) is 17.5 Å². The van der Waals surface area contributed by atoms with Crippen LogP contribution in [-0.2, 0) is 5.41 Å². The molecule has 13 heteroatoms. The first-order valence-corrected chi connectivity index (χ1v) is 46.1. The number of thiophene rings is 2. The van der Waals surface area contributed by atoms with Crippen LogP contribution < -0.4 is 0 Å². The molecule has 0 aliphatic heterocycles. The first kappa shape index (κ1) is 81.8. The van der Waals surface area contributed by atoms with Crippen LogP contribution in [-0.4, -0.2) is 54.4 Å². The van der Waals surface area contributed by atoms with Crippen molar-refractivity contribution in [1.29, 1.82) is 0 Å². The number of fused-ring (bicyclic) bond motifs is 5. The summed E-state index contributed by atoms with van der Waals surface area (Å²) in [6.07, 6.45) is 5.26. The lowest BCUT2D eigenvalue weighted by Gasteiger charge is -2.24. The SMILES string of the molecule is CC1(C)c2ccccc2-c2cccc(-c3cccc(-c4cc(-c5ccc(-c6ccccc6)cc5)nc(-c5cccs5)n4)c3)c21.c1ccc(-c2ccc(-c3cc(-c4cccc(-c5ccc(-c6nc7ccccc7n6-c6ccccc6)cc5)c4)nc(-c4cnc[nH]4)n3)cc2)cc1.c1ccc(-c2ccc(-c3cc(-c4cccc(-c5cccc6cccnc56)c4)nc(-c4cccs4)n3)cc2)cc1. The molecule has 0 saturated heterocycles. The maximum atomic E-state index is 5.10. The van der Waals surface area contributed by atoms with E-state index >= 15 is 0 Å². The van der Waals surface area contributed by atoms with Gasteiger partial charge in [-0.05, 0) is 173 Å². The molecule has 11 nitrogen and oxygen atoms in total. The number of aromatic nitrogens is 11. The summed E-state index contributed by atoms with van der Waals surface area (Å²) in [6.45, 7) is 4.69. The molecule has 1 N–H and O–H groups in total. The highest BCUT2D eigenvalue weighted by molar-refractivity contribution is 7.13. The Kier molecular flexibility index (Phi) is 22.3. The highest BCUT2D eigenvalue weighted by atomic mass is 32.1. The molecule has 0 spiro atoms. The lowest BCUT2D eigenvalue weighted by Crippen LogP contribution is -2.16. The van der Waals surface area contributed by atoms with Crippen molar-refractivity contribution in [3.8, 4) is 195 Å². The van der Waals surface area contributed by atoms with Gasteiger partial charge in [-0.2, -0.15) is 0 Å². The fourth-order valence-electron chi connectivity index (χ4n) is 18.0. The van der Waals surface area contributed by atoms with Crippen molar-refractivity contribution in [2.75, 3.05) is 0 Å². The lowest BCUT2D eigenvalue weighted by molar-refractivity contribution is 0.662. The summed E-state index contributed by atoms with van der Waals surface area (Å²) in [5, 5.41) is 5.27. The van der Waals surface area contributed by atoms with E-state index in [1.807, 2.05) is 48.7 Å². The smallest absolute Gasteiger partial charge is 0.178 e. The number of H-pyrrole nitrogens is 1. The quantitative estimate of drug-likeness (QED) is 0.0945. The van der Waals surface area contributed by atoms with E-state index in [9.17, 15) is 0 Å². The summed E-state index contributed by atoms with van der Waals surface area (Å²) in [7, 11) is 0. The molecule has 24 rings (SSSR count). The van der Waals surface area contributed by atoms with Crippen LogP contribution >= 0.6 is 22.7 Å². The molecule has 0 radical (unpaired) electrons. The molecule has 0 saturated carbocycles. The van der Waals surface area contributed by atoms with Crippen LogP contribution in [0.5, 0.6) is 0 Å². The van der Waals surface area contributed by atoms with Gasteiger partial charge in [-0.15, -0.1) is 22.7 Å². The van der Waals surface area contributed by atoms with Crippen molar-refractivity contribution in [3.05, 3.63) is 471 Å². The number of hydrogen-bond donors (Lipinski definition) is 1. The van der Waals surface area contributed by atoms with Gasteiger partial charge in [0.2, 0.25) is 0 Å². The first-order chi connectivity index (χ1) is 65.6. The van der Waals surface area contributed by atoms with E-state index < -0.39 is 0 Å². The topological polar surface area (TPSA) is 137 Å². The van der Waals surface area contributed by atoms with Gasteiger partial charge in [-0.25, -0.2) is 39.9 Å². The third kappa shape index (κ3) is 16.9. The van der Waals surface area contributed by atoms with Crippen molar-refractivity contribution >= 4 is 44.6 Å².